The van der Waals surface area contributed by atoms with Crippen LogP contribution in [0.1, 0.15) is 20.1 Å². The van der Waals surface area contributed by atoms with Crippen LogP contribution in [0.25, 0.3) is 11.2 Å². The predicted octanol–water partition coefficient (Wildman–Crippen LogP) is -2.46. The van der Waals surface area contributed by atoms with Crippen LogP contribution in [-0.2, 0) is 28.2 Å². The molecule has 6 atom stereocenters. The number of hydrogen-bond donors (Lipinski definition) is 6. The van der Waals surface area contributed by atoms with Crippen LogP contribution in [0.15, 0.2) is 12.7 Å². The molecule has 3 heterocycles. The third kappa shape index (κ3) is 5.44. The van der Waals surface area contributed by atoms with Crippen LogP contribution in [0, 0.1) is 0 Å². The second kappa shape index (κ2) is 9.64. The fourth-order valence-electron chi connectivity index (χ4n) is 3.19. The Labute approximate surface area is 186 Å². The van der Waals surface area contributed by atoms with E-state index in [0.29, 0.717) is 0 Å². The first-order valence-corrected chi connectivity index (χ1v) is 11.2. The zero-order valence-corrected chi connectivity index (χ0v) is 18.4. The van der Waals surface area contributed by atoms with Gasteiger partial charge in [-0.1, -0.05) is 0 Å². The number of phosphoric ester groups is 1. The number of nitrogens with zero attached hydrogens (tertiary/aromatic N) is 4. The molecule has 3 rings (SSSR count). The van der Waals surface area contributed by atoms with E-state index in [9.17, 15) is 29.0 Å². The van der Waals surface area contributed by atoms with Crippen molar-refractivity contribution in [2.24, 2.45) is 5.73 Å². The maximum absolute atomic E-state index is 12.7. The molecule has 1 fully saturated rings. The smallest absolute Gasteiger partial charge is 0.453 e. The molecule has 0 bridgehead atoms. The van der Waals surface area contributed by atoms with Gasteiger partial charge in [-0.25, -0.2) is 24.3 Å². The number of amides is 1. The van der Waals surface area contributed by atoms with Crippen LogP contribution < -0.4 is 16.8 Å². The lowest BCUT2D eigenvalue weighted by atomic mass is 10.1. The highest BCUT2D eigenvalue weighted by Crippen LogP contribution is 2.45. The summed E-state index contributed by atoms with van der Waals surface area (Å²) in [5, 5.41) is 12.1. The standard InChI is InChI=1S/C16H24N7O9P/c1-6(17)14(25)22-7(2)16(26)31-11-10(32-33(27,28)29)8(3-24)30-15(11)23-5-21-9-12(18)19-4-20-13(9)23/h4-8,10-11,15,24H,3,17H2,1-2H3,(H,22,25)(H2,18,19,20)(H2,27,28,29)/t6-,7?,8-,10-,11-,15-/m1/s1. The number of imidazole rings is 1. The van der Waals surface area contributed by atoms with E-state index in [2.05, 4.69) is 20.3 Å². The number of esters is 1. The Balaban J connectivity index is 1.96. The van der Waals surface area contributed by atoms with E-state index in [0.717, 1.165) is 6.33 Å². The summed E-state index contributed by atoms with van der Waals surface area (Å²) in [6.45, 7) is 2.02. The average Bonchev–Trinajstić information content (AvgIpc) is 3.29. The highest BCUT2D eigenvalue weighted by molar-refractivity contribution is 7.46. The lowest BCUT2D eigenvalue weighted by Gasteiger charge is -2.26. The maximum Gasteiger partial charge on any atom is 0.470 e. The van der Waals surface area contributed by atoms with Gasteiger partial charge >= 0.3 is 13.8 Å². The average molecular weight is 489 g/mol. The van der Waals surface area contributed by atoms with Crippen molar-refractivity contribution in [3.05, 3.63) is 12.7 Å². The number of nitrogens with one attached hydrogen (secondary N) is 1. The number of nitrogens with two attached hydrogens (primary N) is 2. The van der Waals surface area contributed by atoms with Crippen LogP contribution in [0.3, 0.4) is 0 Å². The van der Waals surface area contributed by atoms with E-state index >= 15 is 0 Å². The molecule has 8 N–H and O–H groups in total. The number of nitrogen functional groups attached to an aromatic ring is 1. The fraction of sp³-hybridized carbons (Fsp3) is 0.562. The van der Waals surface area contributed by atoms with Gasteiger partial charge in [-0.3, -0.25) is 13.9 Å². The number of carbonyl (C=O) groups is 2. The SMILES string of the molecule is CC(NC(=O)[C@@H](C)N)C(=O)O[C@@H]1[C@H](OP(=O)(O)O)[C@@H](CO)O[C@H]1n1cnc2c(N)ncnc21. The molecule has 1 amide bonds. The number of phosphoric acid groups is 1. The maximum atomic E-state index is 12.7. The molecule has 0 aromatic carbocycles. The van der Waals surface area contributed by atoms with Gasteiger partial charge in [0, 0.05) is 0 Å². The fourth-order valence-corrected chi connectivity index (χ4v) is 3.76. The molecule has 17 heteroatoms. The van der Waals surface area contributed by atoms with Crippen molar-refractivity contribution in [2.45, 2.75) is 50.5 Å². The van der Waals surface area contributed by atoms with Gasteiger partial charge in [0.2, 0.25) is 5.91 Å². The molecule has 0 spiro atoms. The molecule has 1 aliphatic rings. The highest BCUT2D eigenvalue weighted by Gasteiger charge is 2.52. The second-order valence-electron chi connectivity index (χ2n) is 7.31. The molecule has 2 aromatic rings. The minimum atomic E-state index is -5.10. The monoisotopic (exact) mass is 489 g/mol. The lowest BCUT2D eigenvalue weighted by Crippen LogP contribution is -2.48. The number of rotatable bonds is 8. The quantitative estimate of drug-likeness (QED) is 0.166. The summed E-state index contributed by atoms with van der Waals surface area (Å²) < 4.78 is 28.8. The number of anilines is 1. The Morgan fingerprint density at radius 1 is 1.30 bits per heavy atom. The number of carbonyl (C=O) groups excluding carboxylic acids is 2. The largest absolute Gasteiger partial charge is 0.470 e. The first-order valence-electron chi connectivity index (χ1n) is 9.62. The topological polar surface area (TPSA) is 247 Å². The van der Waals surface area contributed by atoms with Gasteiger partial charge in [0.1, 0.15) is 30.1 Å². The zero-order valence-electron chi connectivity index (χ0n) is 17.5. The number of aliphatic hydroxyl groups is 1. The van der Waals surface area contributed by atoms with E-state index in [1.165, 1.54) is 24.7 Å². The number of fused-ring (bicyclic) bond motifs is 1. The van der Waals surface area contributed by atoms with Crippen LogP contribution in [0.4, 0.5) is 5.82 Å². The van der Waals surface area contributed by atoms with Gasteiger partial charge in [0.15, 0.2) is 23.8 Å². The van der Waals surface area contributed by atoms with Gasteiger partial charge in [0.05, 0.1) is 19.0 Å². The molecule has 2 aromatic heterocycles. The molecule has 0 radical (unpaired) electrons. The van der Waals surface area contributed by atoms with E-state index in [-0.39, 0.29) is 17.0 Å². The molecular weight excluding hydrogens is 465 g/mol. The van der Waals surface area contributed by atoms with Gasteiger partial charge < -0.3 is 41.2 Å². The molecule has 0 saturated carbocycles. The molecule has 33 heavy (non-hydrogen) atoms. The van der Waals surface area contributed by atoms with Crippen molar-refractivity contribution in [1.82, 2.24) is 24.8 Å². The summed E-state index contributed by atoms with van der Waals surface area (Å²) in [6.07, 6.45) is -3.26. The Bertz CT molecular complexity index is 1070. The Morgan fingerprint density at radius 2 is 2.00 bits per heavy atom. The van der Waals surface area contributed by atoms with E-state index in [1.54, 1.807) is 0 Å². The number of aliphatic hydroxyl groups excluding tert-OH is 1. The molecular formula is C16H24N7O9P. The Kier molecular flexibility index (Phi) is 7.28. The summed E-state index contributed by atoms with van der Waals surface area (Å²) in [4.78, 5) is 55.1. The molecule has 16 nitrogen and oxygen atoms in total. The molecule has 1 aliphatic heterocycles. The number of aromatic nitrogens is 4. The van der Waals surface area contributed by atoms with Gasteiger partial charge in [-0.05, 0) is 13.8 Å². The number of hydrogen-bond acceptors (Lipinski definition) is 12. The summed E-state index contributed by atoms with van der Waals surface area (Å²) in [6, 6.07) is -2.07. The van der Waals surface area contributed by atoms with Crippen molar-refractivity contribution < 1.29 is 43.0 Å². The molecule has 182 valence electrons. The van der Waals surface area contributed by atoms with Gasteiger partial charge in [-0.2, -0.15) is 0 Å². The van der Waals surface area contributed by atoms with Crippen LogP contribution >= 0.6 is 7.82 Å². The van der Waals surface area contributed by atoms with Gasteiger partial charge in [-0.15, -0.1) is 0 Å². The molecule has 0 aliphatic carbocycles. The van der Waals surface area contributed by atoms with Crippen LogP contribution in [-0.4, -0.2) is 83.3 Å². The zero-order chi connectivity index (χ0) is 24.5. The minimum absolute atomic E-state index is 0.0549. The minimum Gasteiger partial charge on any atom is -0.453 e. The Hall–Kier alpha value is -2.72. The number of ether oxygens (including phenoxy) is 2. The summed E-state index contributed by atoms with van der Waals surface area (Å²) >= 11 is 0. The van der Waals surface area contributed by atoms with Crippen molar-refractivity contribution in [3.8, 4) is 0 Å². The van der Waals surface area contributed by atoms with E-state index < -0.39 is 62.9 Å². The first kappa shape index (κ1) is 24.9. The Morgan fingerprint density at radius 3 is 2.61 bits per heavy atom. The third-order valence-electron chi connectivity index (χ3n) is 4.76. The van der Waals surface area contributed by atoms with Crippen molar-refractivity contribution in [2.75, 3.05) is 12.3 Å². The molecule has 1 saturated heterocycles. The summed E-state index contributed by atoms with van der Waals surface area (Å²) in [5.74, 6) is -1.54. The summed E-state index contributed by atoms with van der Waals surface area (Å²) in [5.41, 5.74) is 11.6. The third-order valence-corrected chi connectivity index (χ3v) is 5.28. The highest BCUT2D eigenvalue weighted by atomic mass is 31.2. The van der Waals surface area contributed by atoms with E-state index in [4.69, 9.17) is 25.5 Å². The molecule has 1 unspecified atom stereocenters. The predicted molar refractivity (Wildman–Crippen MR) is 109 cm³/mol. The van der Waals surface area contributed by atoms with Crippen molar-refractivity contribution in [3.63, 3.8) is 0 Å². The van der Waals surface area contributed by atoms with Crippen LogP contribution in [0.5, 0.6) is 0 Å². The first-order chi connectivity index (χ1) is 15.4. The van der Waals surface area contributed by atoms with Crippen molar-refractivity contribution in [1.29, 1.82) is 0 Å². The van der Waals surface area contributed by atoms with Crippen LogP contribution in [0.2, 0.25) is 0 Å². The second-order valence-corrected chi connectivity index (χ2v) is 8.50. The summed E-state index contributed by atoms with van der Waals surface area (Å²) in [7, 11) is -5.10. The van der Waals surface area contributed by atoms with Crippen molar-refractivity contribution >= 4 is 36.7 Å². The van der Waals surface area contributed by atoms with Gasteiger partial charge in [0.25, 0.3) is 0 Å². The van der Waals surface area contributed by atoms with E-state index in [1.807, 2.05) is 0 Å². The lowest BCUT2D eigenvalue weighted by molar-refractivity contribution is -0.161. The normalized spacial score (nSPS) is 25.0.